The van der Waals surface area contributed by atoms with Crippen LogP contribution >= 0.6 is 0 Å². The smallest absolute Gasteiger partial charge is 0.243 e. The van der Waals surface area contributed by atoms with Crippen molar-refractivity contribution in [3.8, 4) is 0 Å². The van der Waals surface area contributed by atoms with Gasteiger partial charge >= 0.3 is 0 Å². The summed E-state index contributed by atoms with van der Waals surface area (Å²) in [5.41, 5.74) is 2.07. The number of halogens is 5. The van der Waals surface area contributed by atoms with Crippen LogP contribution in [0.25, 0.3) is 0 Å². The molecule has 1 rings (SSSR count). The Morgan fingerprint density at radius 1 is 0.840 bits per heavy atom. The average molecular weight is 367 g/mol. The quantitative estimate of drug-likeness (QED) is 0.125. The third kappa shape index (κ3) is 5.78. The Morgan fingerprint density at radius 2 is 1.32 bits per heavy atom. The van der Waals surface area contributed by atoms with Gasteiger partial charge in [0.05, 0.1) is 11.8 Å². The number of hydrazone groups is 1. The molecule has 0 spiro atoms. The van der Waals surface area contributed by atoms with Crippen molar-refractivity contribution in [1.29, 1.82) is 0 Å². The molecule has 6 nitrogen and oxygen atoms in total. The van der Waals surface area contributed by atoms with E-state index in [0.717, 1.165) is 0 Å². The van der Waals surface area contributed by atoms with Gasteiger partial charge < -0.3 is 0 Å². The van der Waals surface area contributed by atoms with Crippen molar-refractivity contribution in [1.82, 2.24) is 10.9 Å². The van der Waals surface area contributed by atoms with Crippen molar-refractivity contribution >= 4 is 18.0 Å². The summed E-state index contributed by atoms with van der Waals surface area (Å²) in [6.45, 7) is 0. The molecule has 1 aromatic rings. The number of amides is 2. The molecule has 1 aromatic carbocycles. The molecule has 0 radical (unpaired) electrons. The number of nitrogens with zero attached hydrogens (tertiary/aromatic N) is 1. The van der Waals surface area contributed by atoms with Gasteiger partial charge in [-0.2, -0.15) is 5.10 Å². The third-order valence-electron chi connectivity index (χ3n) is 3.06. The minimum absolute atomic E-state index is 0.0326. The number of rotatable bonds is 8. The van der Waals surface area contributed by atoms with Gasteiger partial charge in [0, 0.05) is 12.8 Å². The SMILES string of the molecule is O=C(CCCCCC(=O)N/N=C/c1c(F)c(F)c(F)c(F)c1F)NO. The molecule has 3 N–H and O–H groups in total. The number of hydrogen-bond acceptors (Lipinski definition) is 4. The number of nitrogens with one attached hydrogen (secondary N) is 2. The lowest BCUT2D eigenvalue weighted by Gasteiger charge is -2.04. The van der Waals surface area contributed by atoms with E-state index in [1.807, 2.05) is 5.43 Å². The minimum atomic E-state index is -2.29. The summed E-state index contributed by atoms with van der Waals surface area (Å²) in [4.78, 5) is 22.1. The average Bonchev–Trinajstić information content (AvgIpc) is 2.60. The first-order valence-electron chi connectivity index (χ1n) is 7.05. The number of hydrogen-bond donors (Lipinski definition) is 3. The first kappa shape index (κ1) is 20.5. The molecule has 11 heteroatoms. The summed E-state index contributed by atoms with van der Waals surface area (Å²) in [6.07, 6.45) is 1.64. The van der Waals surface area contributed by atoms with Gasteiger partial charge in [-0.1, -0.05) is 6.42 Å². The summed E-state index contributed by atoms with van der Waals surface area (Å²) in [7, 11) is 0. The molecular weight excluding hydrogens is 353 g/mol. The van der Waals surface area contributed by atoms with Crippen molar-refractivity contribution in [2.75, 3.05) is 0 Å². The predicted octanol–water partition coefficient (Wildman–Crippen LogP) is 2.29. The number of hydroxylamine groups is 1. The van der Waals surface area contributed by atoms with E-state index in [9.17, 15) is 31.5 Å². The molecular formula is C14H14F5N3O3. The highest BCUT2D eigenvalue weighted by molar-refractivity contribution is 5.83. The minimum Gasteiger partial charge on any atom is -0.289 e. The molecule has 2 amide bonds. The van der Waals surface area contributed by atoms with Gasteiger partial charge in [0.2, 0.25) is 17.6 Å². The monoisotopic (exact) mass is 367 g/mol. The normalized spacial score (nSPS) is 11.0. The first-order valence-corrected chi connectivity index (χ1v) is 7.05. The zero-order chi connectivity index (χ0) is 19.0. The zero-order valence-corrected chi connectivity index (χ0v) is 12.7. The number of carbonyl (C=O) groups excluding carboxylic acids is 2. The number of carbonyl (C=O) groups is 2. The van der Waals surface area contributed by atoms with E-state index >= 15 is 0 Å². The molecule has 0 aliphatic heterocycles. The van der Waals surface area contributed by atoms with E-state index in [1.54, 1.807) is 0 Å². The van der Waals surface area contributed by atoms with Gasteiger partial charge in [0.15, 0.2) is 23.3 Å². The summed E-state index contributed by atoms with van der Waals surface area (Å²) in [5, 5.41) is 11.4. The van der Waals surface area contributed by atoms with Crippen molar-refractivity contribution in [3.63, 3.8) is 0 Å². The Labute approximate surface area is 138 Å². The Morgan fingerprint density at radius 3 is 1.84 bits per heavy atom. The second kappa shape index (κ2) is 9.67. The second-order valence-electron chi connectivity index (χ2n) is 4.87. The van der Waals surface area contributed by atoms with Gasteiger partial charge in [-0.05, 0) is 12.8 Å². The third-order valence-corrected chi connectivity index (χ3v) is 3.06. The van der Waals surface area contributed by atoms with Crippen LogP contribution in [-0.2, 0) is 9.59 Å². The summed E-state index contributed by atoms with van der Waals surface area (Å²) < 4.78 is 65.4. The molecule has 0 unspecified atom stereocenters. The Bertz CT molecular complexity index is 653. The molecule has 0 bridgehead atoms. The van der Waals surface area contributed by atoms with Crippen LogP contribution in [0.15, 0.2) is 5.10 Å². The highest BCUT2D eigenvalue weighted by atomic mass is 19.2. The van der Waals surface area contributed by atoms with E-state index in [4.69, 9.17) is 5.21 Å². The molecule has 25 heavy (non-hydrogen) atoms. The fourth-order valence-corrected chi connectivity index (χ4v) is 1.76. The topological polar surface area (TPSA) is 90.8 Å². The van der Waals surface area contributed by atoms with Crippen molar-refractivity contribution in [3.05, 3.63) is 34.6 Å². The maximum absolute atomic E-state index is 13.3. The van der Waals surface area contributed by atoms with Crippen LogP contribution in [0.1, 0.15) is 37.7 Å². The zero-order valence-electron chi connectivity index (χ0n) is 12.7. The lowest BCUT2D eigenvalue weighted by Crippen LogP contribution is -2.18. The lowest BCUT2D eigenvalue weighted by molar-refractivity contribution is -0.129. The van der Waals surface area contributed by atoms with Crippen LogP contribution in [0.5, 0.6) is 0 Å². The fraction of sp³-hybridized carbons (Fsp3) is 0.357. The Hall–Kier alpha value is -2.56. The van der Waals surface area contributed by atoms with Gasteiger partial charge in [0.1, 0.15) is 0 Å². The molecule has 0 atom stereocenters. The first-order chi connectivity index (χ1) is 11.8. The molecule has 0 heterocycles. The van der Waals surface area contributed by atoms with E-state index in [-0.39, 0.29) is 12.8 Å². The summed E-state index contributed by atoms with van der Waals surface area (Å²) in [5.74, 6) is -11.8. The van der Waals surface area contributed by atoms with Crippen LogP contribution in [0.4, 0.5) is 22.0 Å². The van der Waals surface area contributed by atoms with E-state index < -0.39 is 46.5 Å². The van der Waals surface area contributed by atoms with Crippen LogP contribution < -0.4 is 10.9 Å². The molecule has 0 aliphatic rings. The standard InChI is InChI=1S/C14H14F5N3O3/c15-10-7(11(16)13(18)14(19)12(10)17)6-20-21-8(23)4-2-1-3-5-9(24)22-25/h6,25H,1-5H2,(H,21,23)(H,22,24)/b20-6+. The fourth-order valence-electron chi connectivity index (χ4n) is 1.76. The number of benzene rings is 1. The highest BCUT2D eigenvalue weighted by Crippen LogP contribution is 2.21. The Balaban J connectivity index is 2.50. The molecule has 0 aromatic heterocycles. The summed E-state index contributed by atoms with van der Waals surface area (Å²) in [6, 6.07) is 0. The Kier molecular flexibility index (Phi) is 7.92. The maximum Gasteiger partial charge on any atom is 0.243 e. The van der Waals surface area contributed by atoms with Gasteiger partial charge in [-0.15, -0.1) is 0 Å². The van der Waals surface area contributed by atoms with Gasteiger partial charge in [-0.3, -0.25) is 14.8 Å². The molecule has 0 aliphatic carbocycles. The molecule has 0 saturated heterocycles. The van der Waals surface area contributed by atoms with Crippen molar-refractivity contribution < 1.29 is 36.7 Å². The maximum atomic E-state index is 13.3. The van der Waals surface area contributed by atoms with E-state index in [1.165, 1.54) is 5.48 Å². The van der Waals surface area contributed by atoms with Crippen molar-refractivity contribution in [2.45, 2.75) is 32.1 Å². The molecule has 138 valence electrons. The van der Waals surface area contributed by atoms with Crippen LogP contribution in [0, 0.1) is 29.1 Å². The van der Waals surface area contributed by atoms with Crippen molar-refractivity contribution in [2.24, 2.45) is 5.10 Å². The second-order valence-corrected chi connectivity index (χ2v) is 4.87. The van der Waals surface area contributed by atoms with Crippen LogP contribution in [0.2, 0.25) is 0 Å². The predicted molar refractivity (Wildman–Crippen MR) is 75.0 cm³/mol. The van der Waals surface area contributed by atoms with Crippen LogP contribution in [-0.4, -0.2) is 23.2 Å². The van der Waals surface area contributed by atoms with Gasteiger partial charge in [-0.25, -0.2) is 32.9 Å². The largest absolute Gasteiger partial charge is 0.289 e. The van der Waals surface area contributed by atoms with E-state index in [0.29, 0.717) is 25.5 Å². The lowest BCUT2D eigenvalue weighted by atomic mass is 10.1. The number of unbranched alkanes of at least 4 members (excludes halogenated alkanes) is 2. The highest BCUT2D eigenvalue weighted by Gasteiger charge is 2.24. The molecule has 0 saturated carbocycles. The molecule has 0 fully saturated rings. The van der Waals surface area contributed by atoms with Crippen LogP contribution in [0.3, 0.4) is 0 Å². The van der Waals surface area contributed by atoms with Gasteiger partial charge in [0.25, 0.3) is 0 Å². The van der Waals surface area contributed by atoms with E-state index in [2.05, 4.69) is 5.10 Å². The summed E-state index contributed by atoms with van der Waals surface area (Å²) >= 11 is 0.